The monoisotopic (exact) mass is 282 g/mol. The van der Waals surface area contributed by atoms with Gasteiger partial charge in [0.15, 0.2) is 0 Å². The van der Waals surface area contributed by atoms with Crippen molar-refractivity contribution < 1.29 is 12.6 Å². The first-order valence-corrected chi connectivity index (χ1v) is 8.73. The van der Waals surface area contributed by atoms with Crippen LogP contribution in [0.1, 0.15) is 44.1 Å². The van der Waals surface area contributed by atoms with E-state index in [0.717, 1.165) is 25.5 Å². The van der Waals surface area contributed by atoms with Gasteiger partial charge in [0.1, 0.15) is 0 Å². The van der Waals surface area contributed by atoms with Crippen molar-refractivity contribution in [3.8, 4) is 0 Å². The maximum absolute atomic E-state index is 11.1. The van der Waals surface area contributed by atoms with Gasteiger partial charge in [0.2, 0.25) is 0 Å². The van der Waals surface area contributed by atoms with Gasteiger partial charge in [0.05, 0.1) is 12.9 Å². The maximum atomic E-state index is 11.1. The summed E-state index contributed by atoms with van der Waals surface area (Å²) in [5.74, 6) is 0. The summed E-state index contributed by atoms with van der Waals surface area (Å²) in [5.41, 5.74) is 1.43. The number of hydrogen-bond acceptors (Lipinski definition) is 3. The zero-order chi connectivity index (χ0) is 13.8. The Morgan fingerprint density at radius 3 is 2.32 bits per heavy atom. The molecule has 19 heavy (non-hydrogen) atoms. The molecule has 1 saturated carbocycles. The van der Waals surface area contributed by atoms with Gasteiger partial charge in [-0.2, -0.15) is 8.42 Å². The molecule has 0 spiro atoms. The Labute approximate surface area is 116 Å². The molecule has 1 aliphatic rings. The highest BCUT2D eigenvalue weighted by atomic mass is 32.2. The second kappa shape index (κ2) is 6.06. The zero-order valence-electron chi connectivity index (χ0n) is 11.5. The van der Waals surface area contributed by atoms with Crippen molar-refractivity contribution in [3.05, 3.63) is 35.9 Å². The Kier molecular flexibility index (Phi) is 4.63. The first kappa shape index (κ1) is 14.5. The highest BCUT2D eigenvalue weighted by Gasteiger charge is 2.33. The average Bonchev–Trinajstić information content (AvgIpc) is 2.39. The fourth-order valence-corrected chi connectivity index (χ4v) is 3.48. The zero-order valence-corrected chi connectivity index (χ0v) is 12.3. The van der Waals surface area contributed by atoms with Gasteiger partial charge in [0, 0.05) is 0 Å². The lowest BCUT2D eigenvalue weighted by Gasteiger charge is -2.38. The highest BCUT2D eigenvalue weighted by Crippen LogP contribution is 2.42. The van der Waals surface area contributed by atoms with Gasteiger partial charge >= 0.3 is 0 Å². The molecule has 4 heteroatoms. The van der Waals surface area contributed by atoms with Crippen molar-refractivity contribution in [2.45, 2.75) is 43.9 Å². The van der Waals surface area contributed by atoms with E-state index in [1.54, 1.807) is 0 Å². The van der Waals surface area contributed by atoms with Crippen LogP contribution in [0, 0.1) is 0 Å². The number of rotatable bonds is 5. The van der Waals surface area contributed by atoms with Gasteiger partial charge in [-0.1, -0.05) is 49.6 Å². The molecule has 1 aromatic rings. The fourth-order valence-electron chi connectivity index (χ4n) is 3.09. The summed E-state index contributed by atoms with van der Waals surface area (Å²) in [6.45, 7) is 0.285. The fraction of sp³-hybridized carbons (Fsp3) is 0.600. The van der Waals surface area contributed by atoms with Crippen LogP contribution in [0.4, 0.5) is 0 Å². The van der Waals surface area contributed by atoms with Crippen molar-refractivity contribution in [2.75, 3.05) is 12.9 Å². The van der Waals surface area contributed by atoms with Crippen LogP contribution in [-0.4, -0.2) is 21.3 Å². The van der Waals surface area contributed by atoms with E-state index in [4.69, 9.17) is 4.18 Å². The van der Waals surface area contributed by atoms with Crippen LogP contribution in [0.25, 0.3) is 0 Å². The largest absolute Gasteiger partial charge is 0.270 e. The van der Waals surface area contributed by atoms with Gasteiger partial charge in [-0.25, -0.2) is 0 Å². The van der Waals surface area contributed by atoms with E-state index >= 15 is 0 Å². The summed E-state index contributed by atoms with van der Waals surface area (Å²) in [6, 6.07) is 10.5. The topological polar surface area (TPSA) is 43.4 Å². The molecule has 0 atom stereocenters. The summed E-state index contributed by atoms with van der Waals surface area (Å²) < 4.78 is 27.1. The molecule has 2 rings (SSSR count). The van der Waals surface area contributed by atoms with Gasteiger partial charge in [0.25, 0.3) is 10.1 Å². The third-order valence-electron chi connectivity index (χ3n) is 4.07. The van der Waals surface area contributed by atoms with E-state index in [1.807, 2.05) is 6.07 Å². The molecule has 0 saturated heterocycles. The van der Waals surface area contributed by atoms with Crippen LogP contribution in [0.3, 0.4) is 0 Å². The summed E-state index contributed by atoms with van der Waals surface area (Å²) in [4.78, 5) is 0. The van der Waals surface area contributed by atoms with E-state index in [0.29, 0.717) is 0 Å². The van der Waals surface area contributed by atoms with Crippen LogP contribution in [0.5, 0.6) is 0 Å². The molecule has 0 aromatic heterocycles. The smallest absolute Gasteiger partial charge is 0.264 e. The first-order chi connectivity index (χ1) is 9.02. The molecule has 1 aromatic carbocycles. The average molecular weight is 282 g/mol. The third kappa shape index (κ3) is 4.05. The van der Waals surface area contributed by atoms with Crippen molar-refractivity contribution in [2.24, 2.45) is 0 Å². The Balaban J connectivity index is 2.11. The second-order valence-electron chi connectivity index (χ2n) is 5.48. The molecule has 0 radical (unpaired) electrons. The summed E-state index contributed by atoms with van der Waals surface area (Å²) in [6.07, 6.45) is 7.87. The van der Waals surface area contributed by atoms with Crippen LogP contribution < -0.4 is 0 Å². The Bertz CT molecular complexity index is 487. The van der Waals surface area contributed by atoms with Crippen molar-refractivity contribution >= 4 is 10.1 Å². The van der Waals surface area contributed by atoms with E-state index in [2.05, 4.69) is 24.3 Å². The van der Waals surface area contributed by atoms with Gasteiger partial charge in [-0.15, -0.1) is 0 Å². The summed E-state index contributed by atoms with van der Waals surface area (Å²) in [7, 11) is -3.33. The Morgan fingerprint density at radius 1 is 1.11 bits per heavy atom. The molecule has 0 amide bonds. The molecule has 1 aliphatic carbocycles. The molecule has 0 heterocycles. The molecular weight excluding hydrogens is 260 g/mol. The van der Waals surface area contributed by atoms with E-state index in [1.165, 1.54) is 24.8 Å². The normalized spacial score (nSPS) is 19.2. The Hall–Kier alpha value is -0.870. The summed E-state index contributed by atoms with van der Waals surface area (Å²) >= 11 is 0. The molecule has 0 unspecified atom stereocenters. The molecule has 3 nitrogen and oxygen atoms in total. The first-order valence-electron chi connectivity index (χ1n) is 6.92. The van der Waals surface area contributed by atoms with Crippen molar-refractivity contribution in [1.29, 1.82) is 0 Å². The predicted octanol–water partition coefficient (Wildman–Crippen LogP) is 3.25. The van der Waals surface area contributed by atoms with Crippen LogP contribution >= 0.6 is 0 Å². The minimum atomic E-state index is -3.33. The van der Waals surface area contributed by atoms with Gasteiger partial charge in [-0.3, -0.25) is 4.18 Å². The lowest BCUT2D eigenvalue weighted by atomic mass is 9.67. The number of benzene rings is 1. The molecule has 0 N–H and O–H groups in total. The highest BCUT2D eigenvalue weighted by molar-refractivity contribution is 7.85. The lowest BCUT2D eigenvalue weighted by molar-refractivity contribution is 0.215. The second-order valence-corrected chi connectivity index (χ2v) is 7.13. The lowest BCUT2D eigenvalue weighted by Crippen LogP contribution is -2.31. The predicted molar refractivity (Wildman–Crippen MR) is 76.6 cm³/mol. The van der Waals surface area contributed by atoms with Crippen LogP contribution in [0.2, 0.25) is 0 Å². The van der Waals surface area contributed by atoms with Crippen LogP contribution in [0.15, 0.2) is 30.3 Å². The standard InChI is InChI=1S/C15H22O3S/c1-19(16,17)18-13-12-15(10-6-3-7-11-15)14-8-4-2-5-9-14/h2,4-5,8-9H,3,6-7,10-13H2,1H3. The third-order valence-corrected chi connectivity index (χ3v) is 4.67. The SMILES string of the molecule is CS(=O)(=O)OCCC1(c2ccccc2)CCCCC1. The minimum absolute atomic E-state index is 0.101. The van der Waals surface area contributed by atoms with E-state index in [9.17, 15) is 8.42 Å². The summed E-state index contributed by atoms with van der Waals surface area (Å²) in [5, 5.41) is 0. The van der Waals surface area contributed by atoms with Crippen molar-refractivity contribution in [3.63, 3.8) is 0 Å². The van der Waals surface area contributed by atoms with Crippen molar-refractivity contribution in [1.82, 2.24) is 0 Å². The Morgan fingerprint density at radius 2 is 1.74 bits per heavy atom. The molecule has 106 valence electrons. The molecular formula is C15H22O3S. The maximum Gasteiger partial charge on any atom is 0.264 e. The quantitative estimate of drug-likeness (QED) is 0.779. The molecule has 1 fully saturated rings. The van der Waals surface area contributed by atoms with E-state index < -0.39 is 10.1 Å². The molecule has 0 aliphatic heterocycles. The minimum Gasteiger partial charge on any atom is -0.270 e. The van der Waals surface area contributed by atoms with Crippen LogP contribution in [-0.2, 0) is 19.7 Å². The molecule has 0 bridgehead atoms. The van der Waals surface area contributed by atoms with Gasteiger partial charge in [-0.05, 0) is 30.2 Å². The van der Waals surface area contributed by atoms with E-state index in [-0.39, 0.29) is 12.0 Å². The van der Waals surface area contributed by atoms with Gasteiger partial charge < -0.3 is 0 Å². The number of hydrogen-bond donors (Lipinski definition) is 0.